The van der Waals surface area contributed by atoms with Gasteiger partial charge in [0, 0.05) is 13.3 Å². The fraction of sp³-hybridized carbons (Fsp3) is 0.667. The molecule has 138 valence electrons. The van der Waals surface area contributed by atoms with Crippen LogP contribution in [-0.2, 0) is 28.7 Å². The first-order valence-corrected chi connectivity index (χ1v) is 8.17. The van der Waals surface area contributed by atoms with Gasteiger partial charge in [0.05, 0.1) is 24.0 Å². The third-order valence-electron chi connectivity index (χ3n) is 4.20. The third kappa shape index (κ3) is 5.76. The third-order valence-corrected chi connectivity index (χ3v) is 4.20. The van der Waals surface area contributed by atoms with Crippen molar-refractivity contribution < 1.29 is 28.7 Å². The summed E-state index contributed by atoms with van der Waals surface area (Å²) in [7, 11) is 0. The van der Waals surface area contributed by atoms with Crippen LogP contribution in [0.2, 0.25) is 0 Å². The normalized spacial score (nSPS) is 28.7. The summed E-state index contributed by atoms with van der Waals surface area (Å²) in [5, 5.41) is 2.64. The Morgan fingerprint density at radius 1 is 1.08 bits per heavy atom. The molecule has 5 atom stereocenters. The molecule has 0 saturated carbocycles. The van der Waals surface area contributed by atoms with E-state index in [1.807, 2.05) is 0 Å². The average molecular weight is 351 g/mol. The van der Waals surface area contributed by atoms with Gasteiger partial charge in [0.25, 0.3) is 0 Å². The van der Waals surface area contributed by atoms with Crippen LogP contribution in [0.3, 0.4) is 0 Å². The summed E-state index contributed by atoms with van der Waals surface area (Å²) in [6, 6.07) is -0.828. The van der Waals surface area contributed by atoms with Crippen molar-refractivity contribution in [2.75, 3.05) is 6.61 Å². The Kier molecular flexibility index (Phi) is 7.94. The maximum Gasteiger partial charge on any atom is 0.217 e. The molecule has 0 aliphatic carbocycles. The summed E-state index contributed by atoms with van der Waals surface area (Å²) < 4.78 is 11.3. The Hall–Kier alpha value is -2.04. The number of carbonyl (C=O) groups is 4. The van der Waals surface area contributed by atoms with E-state index in [1.54, 1.807) is 0 Å². The van der Waals surface area contributed by atoms with Crippen molar-refractivity contribution in [2.45, 2.75) is 59.0 Å². The van der Waals surface area contributed by atoms with Crippen LogP contribution in [0.4, 0.5) is 0 Å². The monoisotopic (exact) mass is 351 g/mol. The molecule has 1 aliphatic heterocycles. The summed E-state index contributed by atoms with van der Waals surface area (Å²) in [6.45, 7) is 5.41. The zero-order chi connectivity index (χ0) is 19.1. The summed E-state index contributed by atoms with van der Waals surface area (Å²) in [5.74, 6) is -0.182. The lowest BCUT2D eigenvalue weighted by Gasteiger charge is -2.45. The van der Waals surface area contributed by atoms with Crippen molar-refractivity contribution >= 4 is 23.3 Å². The van der Waals surface area contributed by atoms with Crippen LogP contribution >= 0.6 is 0 Å². The molecule has 0 bridgehead atoms. The lowest BCUT2D eigenvalue weighted by Crippen LogP contribution is -2.62. The highest BCUT2D eigenvalue weighted by molar-refractivity contribution is 5.89. The Labute approximate surface area is 147 Å². The highest BCUT2D eigenvalue weighted by Gasteiger charge is 2.50. The Morgan fingerprint density at radius 2 is 1.68 bits per heavy atom. The van der Waals surface area contributed by atoms with E-state index in [-0.39, 0.29) is 42.7 Å². The van der Waals surface area contributed by atoms with E-state index < -0.39 is 30.3 Å². The second-order valence-corrected chi connectivity index (χ2v) is 6.30. The molecule has 0 aromatic heterocycles. The molecule has 25 heavy (non-hydrogen) atoms. The number of rotatable bonds is 8. The van der Waals surface area contributed by atoms with Gasteiger partial charge in [0.1, 0.15) is 24.0 Å². The molecule has 1 saturated heterocycles. The summed E-state index contributed by atoms with van der Waals surface area (Å²) in [5.41, 5.74) is 0. The maximum atomic E-state index is 12.3. The summed E-state index contributed by atoms with van der Waals surface area (Å²) >= 11 is 0. The fourth-order valence-corrected chi connectivity index (χ4v) is 3.24. The highest BCUT2D eigenvalue weighted by atomic mass is 16.7. The number of terminal acetylenes is 1. The van der Waals surface area contributed by atoms with Crippen LogP contribution in [0.25, 0.3) is 0 Å². The molecule has 1 rings (SSSR count). The molecule has 0 radical (unpaired) electrons. The smallest absolute Gasteiger partial charge is 0.217 e. The van der Waals surface area contributed by atoms with E-state index in [2.05, 4.69) is 11.2 Å². The van der Waals surface area contributed by atoms with Crippen LogP contribution in [0.5, 0.6) is 0 Å². The average Bonchev–Trinajstić information content (AvgIpc) is 2.50. The Morgan fingerprint density at radius 3 is 2.12 bits per heavy atom. The van der Waals surface area contributed by atoms with Crippen molar-refractivity contribution in [3.8, 4) is 12.3 Å². The molecular formula is C18H25NO6. The van der Waals surface area contributed by atoms with Gasteiger partial charge in [-0.05, 0) is 27.2 Å². The van der Waals surface area contributed by atoms with E-state index >= 15 is 0 Å². The highest BCUT2D eigenvalue weighted by Crippen LogP contribution is 2.35. The van der Waals surface area contributed by atoms with Gasteiger partial charge in [-0.3, -0.25) is 14.4 Å². The predicted octanol–water partition coefficient (Wildman–Crippen LogP) is 0.645. The minimum atomic E-state index is -0.971. The first kappa shape index (κ1) is 21.0. The number of ketones is 3. The lowest BCUT2D eigenvalue weighted by atomic mass is 9.74. The van der Waals surface area contributed by atoms with Gasteiger partial charge in [-0.15, -0.1) is 6.42 Å². The van der Waals surface area contributed by atoms with Gasteiger partial charge < -0.3 is 19.6 Å². The van der Waals surface area contributed by atoms with Crippen molar-refractivity contribution in [2.24, 2.45) is 11.8 Å². The zero-order valence-electron chi connectivity index (χ0n) is 15.0. The van der Waals surface area contributed by atoms with Crippen molar-refractivity contribution in [3.05, 3.63) is 0 Å². The molecule has 0 aromatic rings. The van der Waals surface area contributed by atoms with Gasteiger partial charge in [-0.1, -0.05) is 5.92 Å². The van der Waals surface area contributed by atoms with E-state index in [0.717, 1.165) is 0 Å². The number of ether oxygens (including phenoxy) is 2. The maximum absolute atomic E-state index is 12.3. The number of hydrogen-bond acceptors (Lipinski definition) is 6. The van der Waals surface area contributed by atoms with E-state index in [9.17, 15) is 19.2 Å². The Balaban J connectivity index is 3.23. The second-order valence-electron chi connectivity index (χ2n) is 6.30. The summed E-state index contributed by atoms with van der Waals surface area (Å²) in [6.07, 6.45) is 4.07. The van der Waals surface area contributed by atoms with Gasteiger partial charge in [0.15, 0.2) is 6.29 Å². The molecular weight excluding hydrogens is 326 g/mol. The van der Waals surface area contributed by atoms with Gasteiger partial charge in [-0.2, -0.15) is 0 Å². The first-order chi connectivity index (χ1) is 11.7. The molecule has 1 amide bonds. The van der Waals surface area contributed by atoms with Gasteiger partial charge >= 0.3 is 0 Å². The molecule has 7 nitrogen and oxygen atoms in total. The Bertz CT molecular complexity index is 579. The topological polar surface area (TPSA) is 98.8 Å². The molecule has 0 aromatic carbocycles. The van der Waals surface area contributed by atoms with Crippen LogP contribution in [0.15, 0.2) is 0 Å². The molecule has 1 heterocycles. The van der Waals surface area contributed by atoms with Crippen LogP contribution in [0.1, 0.15) is 40.5 Å². The van der Waals surface area contributed by atoms with Crippen LogP contribution in [-0.4, -0.2) is 48.3 Å². The summed E-state index contributed by atoms with van der Waals surface area (Å²) in [4.78, 5) is 47.4. The minimum absolute atomic E-state index is 0.0460. The van der Waals surface area contributed by atoms with Crippen molar-refractivity contribution in [1.82, 2.24) is 5.32 Å². The van der Waals surface area contributed by atoms with Crippen LogP contribution < -0.4 is 5.32 Å². The standard InChI is InChI=1S/C18H25NO6/c1-6-9-24-18-17(19-13(5)23)16(12(4)22)15(11(3)21)14(25-18)8-7-10(2)20/h1,14-18H,7-9H2,2-5H3,(H,19,23)/t14-,15-,16-,17+,18-/m1/s1. The van der Waals surface area contributed by atoms with Gasteiger partial charge in [0.2, 0.25) is 5.91 Å². The quantitative estimate of drug-likeness (QED) is 0.645. The SMILES string of the molecule is C#CCO[C@@H]1O[C@H](CCC(C)=O)[C@@H](C(C)=O)[C@@H](C(C)=O)[C@@H]1NC(C)=O. The molecule has 7 heteroatoms. The van der Waals surface area contributed by atoms with Crippen molar-refractivity contribution in [3.63, 3.8) is 0 Å². The minimum Gasteiger partial charge on any atom is -0.348 e. The number of hydrogen-bond donors (Lipinski definition) is 1. The predicted molar refractivity (Wildman–Crippen MR) is 89.3 cm³/mol. The zero-order valence-corrected chi connectivity index (χ0v) is 15.0. The number of carbonyl (C=O) groups excluding carboxylic acids is 4. The number of Topliss-reactive ketones (excluding diaryl/α,β-unsaturated/α-hetero) is 3. The fourth-order valence-electron chi connectivity index (χ4n) is 3.24. The van der Waals surface area contributed by atoms with Crippen molar-refractivity contribution in [1.29, 1.82) is 0 Å². The second kappa shape index (κ2) is 9.44. The number of amides is 1. The largest absolute Gasteiger partial charge is 0.348 e. The molecule has 1 fully saturated rings. The molecule has 1 N–H and O–H groups in total. The lowest BCUT2D eigenvalue weighted by molar-refractivity contribution is -0.232. The molecule has 1 aliphatic rings. The van der Waals surface area contributed by atoms with Gasteiger partial charge in [-0.25, -0.2) is 0 Å². The van der Waals surface area contributed by atoms with E-state index in [0.29, 0.717) is 0 Å². The molecule has 0 unspecified atom stereocenters. The van der Waals surface area contributed by atoms with Crippen LogP contribution in [0, 0.1) is 24.2 Å². The molecule has 0 spiro atoms. The van der Waals surface area contributed by atoms with E-state index in [1.165, 1.54) is 27.7 Å². The number of nitrogens with one attached hydrogen (secondary N) is 1. The first-order valence-electron chi connectivity index (χ1n) is 8.17. The van der Waals surface area contributed by atoms with E-state index in [4.69, 9.17) is 15.9 Å².